The summed E-state index contributed by atoms with van der Waals surface area (Å²) in [6.07, 6.45) is 7.01. The Kier molecular flexibility index (Phi) is 6.30. The van der Waals surface area contributed by atoms with Crippen LogP contribution >= 0.6 is 0 Å². The Morgan fingerprint density at radius 3 is 2.66 bits per heavy atom. The summed E-state index contributed by atoms with van der Waals surface area (Å²) in [5.41, 5.74) is 2.92. The fourth-order valence-electron chi connectivity index (χ4n) is 3.42. The van der Waals surface area contributed by atoms with E-state index in [1.54, 1.807) is 24.2 Å². The number of nitrogens with one attached hydrogen (secondary N) is 1. The zero-order chi connectivity index (χ0) is 22.5. The minimum atomic E-state index is 0.0655. The fraction of sp³-hybridized carbons (Fsp3) is 0.250. The molecule has 8 nitrogen and oxygen atoms in total. The molecule has 0 radical (unpaired) electrons. The van der Waals surface area contributed by atoms with Crippen LogP contribution in [0.5, 0.6) is 11.6 Å². The highest BCUT2D eigenvalue weighted by Crippen LogP contribution is 2.26. The number of rotatable bonds is 8. The lowest BCUT2D eigenvalue weighted by atomic mass is 10.1. The minimum Gasteiger partial charge on any atom is -0.437 e. The van der Waals surface area contributed by atoms with Crippen LogP contribution in [0.15, 0.2) is 61.2 Å². The van der Waals surface area contributed by atoms with E-state index >= 15 is 0 Å². The van der Waals surface area contributed by atoms with Gasteiger partial charge in [-0.3, -0.25) is 14.8 Å². The van der Waals surface area contributed by atoms with Gasteiger partial charge in [0.05, 0.1) is 29.8 Å². The first-order valence-electron chi connectivity index (χ1n) is 10.5. The van der Waals surface area contributed by atoms with E-state index < -0.39 is 0 Å². The second-order valence-electron chi connectivity index (χ2n) is 7.50. The molecule has 0 aliphatic rings. The first-order chi connectivity index (χ1) is 15.5. The summed E-state index contributed by atoms with van der Waals surface area (Å²) in [5.74, 6) is 1.82. The maximum absolute atomic E-state index is 11.6. The standard InChI is InChI=1S/C24H26N6O2/c1-4-30(17(2)31)12-11-29(3)23-15-25-16-24(28-23)32-20-7-5-18(6-8-20)21-13-19-9-10-26-22(19)14-27-21/h5-10,13-16,26H,4,11-12H2,1-3H3. The normalized spacial score (nSPS) is 10.8. The van der Waals surface area contributed by atoms with Crippen molar-refractivity contribution >= 4 is 22.6 Å². The molecule has 3 aromatic heterocycles. The monoisotopic (exact) mass is 430 g/mol. The predicted molar refractivity (Wildman–Crippen MR) is 125 cm³/mol. The van der Waals surface area contributed by atoms with Gasteiger partial charge >= 0.3 is 0 Å². The Labute approximate surface area is 186 Å². The number of hydrogen-bond acceptors (Lipinski definition) is 6. The molecule has 164 valence electrons. The number of hydrogen-bond donors (Lipinski definition) is 1. The van der Waals surface area contributed by atoms with Crippen LogP contribution < -0.4 is 9.64 Å². The molecule has 3 heterocycles. The minimum absolute atomic E-state index is 0.0655. The number of aromatic amines is 1. The van der Waals surface area contributed by atoms with E-state index in [0.717, 1.165) is 22.2 Å². The molecule has 0 aliphatic heterocycles. The largest absolute Gasteiger partial charge is 0.437 e. The first-order valence-corrected chi connectivity index (χ1v) is 10.5. The lowest BCUT2D eigenvalue weighted by Gasteiger charge is -2.24. The first kappa shape index (κ1) is 21.3. The van der Waals surface area contributed by atoms with Gasteiger partial charge < -0.3 is 19.5 Å². The van der Waals surface area contributed by atoms with E-state index in [2.05, 4.69) is 26.0 Å². The number of amides is 1. The van der Waals surface area contributed by atoms with Crippen LogP contribution in [0.2, 0.25) is 0 Å². The number of carbonyl (C=O) groups excluding carboxylic acids is 1. The van der Waals surface area contributed by atoms with E-state index in [9.17, 15) is 4.79 Å². The third kappa shape index (κ3) is 4.85. The Hall–Kier alpha value is -3.94. The quantitative estimate of drug-likeness (QED) is 0.453. The smallest absolute Gasteiger partial charge is 0.239 e. The molecule has 0 saturated carbocycles. The average Bonchev–Trinajstić information content (AvgIpc) is 3.28. The van der Waals surface area contributed by atoms with Gasteiger partial charge in [-0.15, -0.1) is 0 Å². The van der Waals surface area contributed by atoms with Crippen molar-refractivity contribution in [3.05, 3.63) is 61.2 Å². The van der Waals surface area contributed by atoms with Crippen molar-refractivity contribution in [2.75, 3.05) is 31.6 Å². The topological polar surface area (TPSA) is 87.2 Å². The summed E-state index contributed by atoms with van der Waals surface area (Å²) < 4.78 is 5.91. The van der Waals surface area contributed by atoms with E-state index in [1.165, 1.54) is 0 Å². The predicted octanol–water partition coefficient (Wildman–Crippen LogP) is 4.12. The number of ether oxygens (including phenoxy) is 1. The number of aromatic nitrogens is 4. The summed E-state index contributed by atoms with van der Waals surface area (Å²) in [6.45, 7) is 5.51. The van der Waals surface area contributed by atoms with Crippen molar-refractivity contribution in [2.45, 2.75) is 13.8 Å². The zero-order valence-corrected chi connectivity index (χ0v) is 18.4. The van der Waals surface area contributed by atoms with Gasteiger partial charge in [-0.2, -0.15) is 4.98 Å². The number of nitrogens with zero attached hydrogens (tertiary/aromatic N) is 5. The summed E-state index contributed by atoms with van der Waals surface area (Å²) in [4.78, 5) is 31.8. The van der Waals surface area contributed by atoms with Gasteiger partial charge in [-0.05, 0) is 43.3 Å². The van der Waals surface area contributed by atoms with E-state index in [-0.39, 0.29) is 5.91 Å². The second-order valence-corrected chi connectivity index (χ2v) is 7.50. The SMILES string of the molecule is CCN(CCN(C)c1cncc(Oc2ccc(-c3cc4cc[nH]c4cn3)cc2)n1)C(C)=O. The van der Waals surface area contributed by atoms with Crippen LogP contribution in [0, 0.1) is 0 Å². The number of fused-ring (bicyclic) bond motifs is 1. The van der Waals surface area contributed by atoms with Crippen molar-refractivity contribution in [3.63, 3.8) is 0 Å². The number of carbonyl (C=O) groups is 1. The maximum atomic E-state index is 11.6. The third-order valence-electron chi connectivity index (χ3n) is 5.33. The molecule has 0 aliphatic carbocycles. The molecule has 1 amide bonds. The molecule has 0 bridgehead atoms. The Bertz CT molecular complexity index is 1200. The van der Waals surface area contributed by atoms with Crippen LogP contribution in [0.3, 0.4) is 0 Å². The lowest BCUT2D eigenvalue weighted by molar-refractivity contribution is -0.128. The van der Waals surface area contributed by atoms with Gasteiger partial charge in [0.1, 0.15) is 5.75 Å². The molecule has 0 atom stereocenters. The van der Waals surface area contributed by atoms with Crippen molar-refractivity contribution < 1.29 is 9.53 Å². The van der Waals surface area contributed by atoms with Crippen molar-refractivity contribution in [1.82, 2.24) is 24.8 Å². The molecule has 0 spiro atoms. The van der Waals surface area contributed by atoms with Gasteiger partial charge in [0.15, 0.2) is 5.82 Å². The van der Waals surface area contributed by atoms with Gasteiger partial charge in [0.2, 0.25) is 11.8 Å². The molecule has 32 heavy (non-hydrogen) atoms. The molecule has 1 N–H and O–H groups in total. The van der Waals surface area contributed by atoms with Crippen LogP contribution in [-0.2, 0) is 4.79 Å². The molecule has 0 saturated heterocycles. The van der Waals surface area contributed by atoms with Crippen LogP contribution in [-0.4, -0.2) is 57.4 Å². The van der Waals surface area contributed by atoms with Gasteiger partial charge in [0, 0.05) is 50.8 Å². The van der Waals surface area contributed by atoms with Crippen molar-refractivity contribution in [2.24, 2.45) is 0 Å². The van der Waals surface area contributed by atoms with E-state index in [4.69, 9.17) is 4.74 Å². The highest BCUT2D eigenvalue weighted by molar-refractivity contribution is 5.82. The zero-order valence-electron chi connectivity index (χ0n) is 18.4. The Morgan fingerprint density at radius 1 is 1.09 bits per heavy atom. The fourth-order valence-corrected chi connectivity index (χ4v) is 3.42. The molecular weight excluding hydrogens is 404 g/mol. The molecule has 1 aromatic carbocycles. The van der Waals surface area contributed by atoms with Crippen molar-refractivity contribution in [1.29, 1.82) is 0 Å². The Balaban J connectivity index is 1.42. The number of pyridine rings is 1. The summed E-state index contributed by atoms with van der Waals surface area (Å²) in [6, 6.07) is 11.8. The van der Waals surface area contributed by atoms with Crippen LogP contribution in [0.4, 0.5) is 5.82 Å². The maximum Gasteiger partial charge on any atom is 0.239 e. The Morgan fingerprint density at radius 2 is 1.91 bits per heavy atom. The summed E-state index contributed by atoms with van der Waals surface area (Å²) in [5, 5.41) is 1.12. The number of benzene rings is 1. The van der Waals surface area contributed by atoms with Gasteiger partial charge in [-0.25, -0.2) is 0 Å². The molecule has 4 rings (SSSR count). The number of likely N-dealkylation sites (N-methyl/N-ethyl adjacent to an activating group) is 2. The number of anilines is 1. The summed E-state index contributed by atoms with van der Waals surface area (Å²) >= 11 is 0. The third-order valence-corrected chi connectivity index (χ3v) is 5.33. The summed E-state index contributed by atoms with van der Waals surface area (Å²) in [7, 11) is 1.92. The van der Waals surface area contributed by atoms with Gasteiger partial charge in [-0.1, -0.05) is 0 Å². The lowest BCUT2D eigenvalue weighted by Crippen LogP contribution is -2.36. The van der Waals surface area contributed by atoms with E-state index in [0.29, 0.717) is 37.1 Å². The van der Waals surface area contributed by atoms with Gasteiger partial charge in [0.25, 0.3) is 0 Å². The average molecular weight is 431 g/mol. The highest BCUT2D eigenvalue weighted by atomic mass is 16.5. The molecule has 0 unspecified atom stereocenters. The van der Waals surface area contributed by atoms with Crippen molar-refractivity contribution in [3.8, 4) is 22.9 Å². The van der Waals surface area contributed by atoms with E-state index in [1.807, 2.05) is 61.6 Å². The van der Waals surface area contributed by atoms with Crippen LogP contribution in [0.1, 0.15) is 13.8 Å². The number of H-pyrrole nitrogens is 1. The molecular formula is C24H26N6O2. The highest BCUT2D eigenvalue weighted by Gasteiger charge is 2.10. The second kappa shape index (κ2) is 9.47. The molecule has 0 fully saturated rings. The van der Waals surface area contributed by atoms with Crippen LogP contribution in [0.25, 0.3) is 22.2 Å². The molecule has 8 heteroatoms. The molecule has 4 aromatic rings.